The molecular weight excluding hydrogens is 591 g/mol. The van der Waals surface area contributed by atoms with E-state index in [0.29, 0.717) is 17.1 Å². The van der Waals surface area contributed by atoms with Crippen LogP contribution in [-0.4, -0.2) is 33.7 Å². The lowest BCUT2D eigenvalue weighted by atomic mass is 10.1. The normalized spacial score (nSPS) is 17.2. The number of hydrogen-bond donors (Lipinski definition) is 1. The van der Waals surface area contributed by atoms with Gasteiger partial charge in [0.05, 0.1) is 11.3 Å². The molecule has 3 aromatic rings. The highest BCUT2D eigenvalue weighted by Crippen LogP contribution is 2.34. The van der Waals surface area contributed by atoms with Gasteiger partial charge in [0.1, 0.15) is 5.25 Å². The van der Waals surface area contributed by atoms with Gasteiger partial charge in [-0.3, -0.25) is 14.5 Å². The quantitative estimate of drug-likeness (QED) is 0.318. The van der Waals surface area contributed by atoms with Crippen molar-refractivity contribution in [1.29, 1.82) is 0 Å². The topological polar surface area (TPSA) is 61.8 Å². The van der Waals surface area contributed by atoms with Gasteiger partial charge in [-0.1, -0.05) is 63.6 Å². The Labute approximate surface area is 229 Å². The first-order valence-electron chi connectivity index (χ1n) is 11.1. The summed E-state index contributed by atoms with van der Waals surface area (Å²) >= 11 is 10.3. The lowest BCUT2D eigenvalue weighted by Crippen LogP contribution is -2.46. The van der Waals surface area contributed by atoms with Gasteiger partial charge in [0, 0.05) is 28.1 Å². The maximum Gasteiger partial charge on any atom is 0.416 e. The van der Waals surface area contributed by atoms with Gasteiger partial charge in [-0.05, 0) is 60.5 Å². The van der Waals surface area contributed by atoms with E-state index in [0.717, 1.165) is 33.9 Å². The molecule has 5 nitrogen and oxygen atoms in total. The molecule has 1 atom stereocenters. The summed E-state index contributed by atoms with van der Waals surface area (Å²) in [4.78, 5) is 32.0. The molecule has 0 bridgehead atoms. The lowest BCUT2D eigenvalue weighted by Gasteiger charge is -2.32. The maximum absolute atomic E-state index is 13.2. The first-order chi connectivity index (χ1) is 17.6. The van der Waals surface area contributed by atoms with Crippen molar-refractivity contribution in [3.63, 3.8) is 0 Å². The fourth-order valence-corrected chi connectivity index (χ4v) is 5.25. The molecule has 0 spiro atoms. The number of anilines is 1. The van der Waals surface area contributed by atoms with Crippen molar-refractivity contribution in [2.45, 2.75) is 24.3 Å². The first-order valence-corrected chi connectivity index (χ1v) is 13.2. The second-order valence-corrected chi connectivity index (χ2v) is 10.7. The lowest BCUT2D eigenvalue weighted by molar-refractivity contribution is -0.137. The van der Waals surface area contributed by atoms with E-state index < -0.39 is 22.9 Å². The van der Waals surface area contributed by atoms with Crippen LogP contribution in [0.2, 0.25) is 5.02 Å². The number of alkyl halides is 3. The number of benzene rings is 3. The van der Waals surface area contributed by atoms with Crippen molar-refractivity contribution in [2.24, 2.45) is 4.99 Å². The number of carbonyl (C=O) groups excluding carboxylic acids is 2. The number of carbonyl (C=O) groups is 2. The van der Waals surface area contributed by atoms with Crippen LogP contribution in [0, 0.1) is 0 Å². The van der Waals surface area contributed by atoms with Crippen LogP contribution in [0.5, 0.6) is 0 Å². The number of thioether (sulfide) groups is 1. The van der Waals surface area contributed by atoms with E-state index in [1.165, 1.54) is 17.0 Å². The van der Waals surface area contributed by atoms with E-state index in [9.17, 15) is 22.8 Å². The van der Waals surface area contributed by atoms with Gasteiger partial charge in [0.15, 0.2) is 5.17 Å². The van der Waals surface area contributed by atoms with Gasteiger partial charge in [-0.2, -0.15) is 13.2 Å². The van der Waals surface area contributed by atoms with Crippen LogP contribution in [0.25, 0.3) is 0 Å². The van der Waals surface area contributed by atoms with E-state index in [-0.39, 0.29) is 29.7 Å². The molecule has 1 unspecified atom stereocenters. The van der Waals surface area contributed by atoms with Crippen LogP contribution in [0.4, 0.5) is 24.5 Å². The molecule has 1 aliphatic rings. The van der Waals surface area contributed by atoms with Crippen LogP contribution in [0.15, 0.2) is 82.3 Å². The Morgan fingerprint density at radius 2 is 1.84 bits per heavy atom. The molecule has 1 fully saturated rings. The average Bonchev–Trinajstić information content (AvgIpc) is 2.84. The van der Waals surface area contributed by atoms with E-state index in [2.05, 4.69) is 26.2 Å². The number of halogens is 5. The van der Waals surface area contributed by atoms with E-state index >= 15 is 0 Å². The molecule has 37 heavy (non-hydrogen) atoms. The van der Waals surface area contributed by atoms with Gasteiger partial charge in [0.2, 0.25) is 11.8 Å². The second kappa shape index (κ2) is 11.7. The third-order valence-electron chi connectivity index (χ3n) is 5.46. The predicted octanol–water partition coefficient (Wildman–Crippen LogP) is 7.32. The van der Waals surface area contributed by atoms with Gasteiger partial charge in [-0.25, -0.2) is 4.99 Å². The monoisotopic (exact) mass is 609 g/mol. The molecule has 2 amide bonds. The molecule has 0 radical (unpaired) electrons. The summed E-state index contributed by atoms with van der Waals surface area (Å²) in [6.07, 6.45) is -4.14. The molecule has 1 saturated heterocycles. The highest BCUT2D eigenvalue weighted by Gasteiger charge is 2.36. The fourth-order valence-electron chi connectivity index (χ4n) is 3.60. The van der Waals surface area contributed by atoms with Crippen molar-refractivity contribution >= 4 is 67.6 Å². The molecule has 3 aromatic carbocycles. The molecule has 0 aliphatic carbocycles. The number of rotatable bonds is 6. The van der Waals surface area contributed by atoms with Gasteiger partial charge >= 0.3 is 6.18 Å². The Morgan fingerprint density at radius 1 is 1.11 bits per heavy atom. The third-order valence-corrected chi connectivity index (χ3v) is 7.39. The zero-order valence-corrected chi connectivity index (χ0v) is 22.3. The molecule has 0 saturated carbocycles. The van der Waals surface area contributed by atoms with Gasteiger partial charge < -0.3 is 5.32 Å². The standard InChI is InChI=1S/C26H20BrClF3N3O2S/c27-18-4-2-6-21(14-18)32-24(36)22-15-23(35)34(12-11-16-7-9-19(28)10-8-16)25(37-22)33-20-5-1-3-17(13-20)26(29,30)31/h1-10,13-14,22H,11-12,15H2,(H,32,36). The molecule has 1 heterocycles. The van der Waals surface area contributed by atoms with Crippen molar-refractivity contribution in [1.82, 2.24) is 4.90 Å². The zero-order chi connectivity index (χ0) is 26.6. The Morgan fingerprint density at radius 3 is 2.54 bits per heavy atom. The van der Waals surface area contributed by atoms with Crippen molar-refractivity contribution in [3.05, 3.63) is 93.4 Å². The van der Waals surface area contributed by atoms with Crippen LogP contribution in [0.1, 0.15) is 17.5 Å². The predicted molar refractivity (Wildman–Crippen MR) is 144 cm³/mol. The van der Waals surface area contributed by atoms with E-state index in [4.69, 9.17) is 11.6 Å². The van der Waals surface area contributed by atoms with Crippen molar-refractivity contribution < 1.29 is 22.8 Å². The highest BCUT2D eigenvalue weighted by atomic mass is 79.9. The second-order valence-electron chi connectivity index (χ2n) is 8.17. The average molecular weight is 611 g/mol. The van der Waals surface area contributed by atoms with Crippen LogP contribution in [0.3, 0.4) is 0 Å². The van der Waals surface area contributed by atoms with Gasteiger partial charge in [-0.15, -0.1) is 0 Å². The Hall–Kier alpha value is -2.82. The summed E-state index contributed by atoms with van der Waals surface area (Å²) in [6.45, 7) is 0.241. The summed E-state index contributed by atoms with van der Waals surface area (Å²) in [5, 5.41) is 2.73. The fraction of sp³-hybridized carbons (Fsp3) is 0.192. The number of amides is 2. The first kappa shape index (κ1) is 27.2. The summed E-state index contributed by atoms with van der Waals surface area (Å²) in [5.74, 6) is -0.738. The summed E-state index contributed by atoms with van der Waals surface area (Å²) in [7, 11) is 0. The molecule has 1 aliphatic heterocycles. The minimum atomic E-state index is -4.54. The van der Waals surface area contributed by atoms with Crippen LogP contribution in [-0.2, 0) is 22.2 Å². The minimum Gasteiger partial charge on any atom is -0.325 e. The molecule has 0 aromatic heterocycles. The highest BCUT2D eigenvalue weighted by molar-refractivity contribution is 9.10. The van der Waals surface area contributed by atoms with Crippen molar-refractivity contribution in [2.75, 3.05) is 11.9 Å². The maximum atomic E-state index is 13.2. The number of aliphatic imine (C=N–C) groups is 1. The minimum absolute atomic E-state index is 0.0367. The largest absolute Gasteiger partial charge is 0.416 e. The Bertz CT molecular complexity index is 1340. The summed E-state index contributed by atoms with van der Waals surface area (Å²) in [6, 6.07) is 18.7. The Balaban J connectivity index is 1.60. The number of amidine groups is 1. The number of hydrogen-bond acceptors (Lipinski definition) is 4. The SMILES string of the molecule is O=C(Nc1cccc(Br)c1)C1CC(=O)N(CCc2ccc(Cl)cc2)C(=Nc2cccc(C(F)(F)F)c2)S1. The Kier molecular flexibility index (Phi) is 8.61. The molecule has 1 N–H and O–H groups in total. The number of nitrogens with one attached hydrogen (secondary N) is 1. The van der Waals surface area contributed by atoms with Crippen molar-refractivity contribution in [3.8, 4) is 0 Å². The van der Waals surface area contributed by atoms with E-state index in [1.807, 2.05) is 18.2 Å². The zero-order valence-electron chi connectivity index (χ0n) is 19.1. The molecule has 4 rings (SSSR count). The van der Waals surface area contributed by atoms with Crippen LogP contribution >= 0.6 is 39.3 Å². The number of nitrogens with zero attached hydrogens (tertiary/aromatic N) is 2. The molecular formula is C26H20BrClF3N3O2S. The summed E-state index contributed by atoms with van der Waals surface area (Å²) in [5.41, 5.74) is 0.664. The molecule has 192 valence electrons. The summed E-state index contributed by atoms with van der Waals surface area (Å²) < 4.78 is 40.5. The van der Waals surface area contributed by atoms with E-state index in [1.54, 1.807) is 30.3 Å². The smallest absolute Gasteiger partial charge is 0.325 e. The van der Waals surface area contributed by atoms with Gasteiger partial charge in [0.25, 0.3) is 0 Å². The third kappa shape index (κ3) is 7.37. The van der Waals surface area contributed by atoms with Crippen LogP contribution < -0.4 is 5.32 Å². The molecule has 11 heteroatoms.